The SMILES string of the molecule is Cn1cc(C2CC(N)CCC2(C)C)cn1. The van der Waals surface area contributed by atoms with Crippen LogP contribution in [0.3, 0.4) is 0 Å². The van der Waals surface area contributed by atoms with Crippen LogP contribution in [0.5, 0.6) is 0 Å². The summed E-state index contributed by atoms with van der Waals surface area (Å²) in [5.41, 5.74) is 7.77. The zero-order valence-corrected chi connectivity index (χ0v) is 9.90. The van der Waals surface area contributed by atoms with Gasteiger partial charge in [-0.25, -0.2) is 0 Å². The van der Waals surface area contributed by atoms with E-state index in [9.17, 15) is 0 Å². The highest BCUT2D eigenvalue weighted by molar-refractivity contribution is 5.16. The third-order valence-electron chi connectivity index (χ3n) is 3.77. The quantitative estimate of drug-likeness (QED) is 0.766. The Hall–Kier alpha value is -0.830. The lowest BCUT2D eigenvalue weighted by Crippen LogP contribution is -2.36. The topological polar surface area (TPSA) is 43.8 Å². The monoisotopic (exact) mass is 207 g/mol. The first-order valence-electron chi connectivity index (χ1n) is 5.73. The fraction of sp³-hybridized carbons (Fsp3) is 0.750. The van der Waals surface area contributed by atoms with Crippen molar-refractivity contribution in [2.75, 3.05) is 0 Å². The minimum absolute atomic E-state index is 0.360. The van der Waals surface area contributed by atoms with Gasteiger partial charge in [0.25, 0.3) is 0 Å². The van der Waals surface area contributed by atoms with E-state index >= 15 is 0 Å². The molecule has 1 aliphatic carbocycles. The van der Waals surface area contributed by atoms with Crippen LogP contribution < -0.4 is 5.73 Å². The summed E-state index contributed by atoms with van der Waals surface area (Å²) in [4.78, 5) is 0. The molecule has 2 unspecified atom stereocenters. The van der Waals surface area contributed by atoms with Crippen LogP contribution >= 0.6 is 0 Å². The van der Waals surface area contributed by atoms with E-state index in [4.69, 9.17) is 5.73 Å². The summed E-state index contributed by atoms with van der Waals surface area (Å²) in [7, 11) is 1.97. The Morgan fingerprint density at radius 2 is 2.27 bits per heavy atom. The van der Waals surface area contributed by atoms with Crippen molar-refractivity contribution in [2.45, 2.75) is 45.1 Å². The lowest BCUT2D eigenvalue weighted by Gasteiger charge is -2.40. The lowest BCUT2D eigenvalue weighted by atomic mass is 9.65. The van der Waals surface area contributed by atoms with Crippen LogP contribution in [0.15, 0.2) is 12.4 Å². The molecule has 84 valence electrons. The van der Waals surface area contributed by atoms with Crippen LogP contribution in [0.25, 0.3) is 0 Å². The van der Waals surface area contributed by atoms with Crippen molar-refractivity contribution >= 4 is 0 Å². The van der Waals surface area contributed by atoms with Gasteiger partial charge in [0.05, 0.1) is 6.20 Å². The van der Waals surface area contributed by atoms with Gasteiger partial charge in [-0.15, -0.1) is 0 Å². The number of aromatic nitrogens is 2. The maximum atomic E-state index is 6.06. The molecule has 2 atom stereocenters. The van der Waals surface area contributed by atoms with E-state index in [1.807, 2.05) is 17.9 Å². The molecule has 15 heavy (non-hydrogen) atoms. The van der Waals surface area contributed by atoms with Crippen LogP contribution in [0.2, 0.25) is 0 Å². The minimum Gasteiger partial charge on any atom is -0.328 e. The molecular weight excluding hydrogens is 186 g/mol. The Morgan fingerprint density at radius 1 is 1.53 bits per heavy atom. The van der Waals surface area contributed by atoms with Gasteiger partial charge in [0.2, 0.25) is 0 Å². The third kappa shape index (κ3) is 2.07. The summed E-state index contributed by atoms with van der Waals surface area (Å²) < 4.78 is 1.88. The van der Waals surface area contributed by atoms with Gasteiger partial charge >= 0.3 is 0 Å². The zero-order valence-electron chi connectivity index (χ0n) is 9.90. The molecule has 0 bridgehead atoms. The number of nitrogens with two attached hydrogens (primary N) is 1. The Morgan fingerprint density at radius 3 is 2.87 bits per heavy atom. The second-order valence-electron chi connectivity index (χ2n) is 5.52. The Bertz CT molecular complexity index is 340. The molecule has 2 N–H and O–H groups in total. The largest absolute Gasteiger partial charge is 0.328 e. The number of hydrogen-bond acceptors (Lipinski definition) is 2. The highest BCUT2D eigenvalue weighted by atomic mass is 15.2. The maximum Gasteiger partial charge on any atom is 0.0524 e. The van der Waals surface area contributed by atoms with Gasteiger partial charge in [0.1, 0.15) is 0 Å². The number of aryl methyl sites for hydroxylation is 1. The first-order chi connectivity index (χ1) is 6.99. The van der Waals surface area contributed by atoms with Gasteiger partial charge in [-0.05, 0) is 36.2 Å². The summed E-state index contributed by atoms with van der Waals surface area (Å²) in [6.45, 7) is 4.69. The van der Waals surface area contributed by atoms with Crippen molar-refractivity contribution in [3.8, 4) is 0 Å². The van der Waals surface area contributed by atoms with E-state index in [1.165, 1.54) is 12.0 Å². The van der Waals surface area contributed by atoms with Crippen LogP contribution in [-0.2, 0) is 7.05 Å². The molecule has 0 aromatic carbocycles. The normalized spacial score (nSPS) is 30.4. The van der Waals surface area contributed by atoms with E-state index in [0.717, 1.165) is 12.8 Å². The van der Waals surface area contributed by atoms with Gasteiger partial charge in [0, 0.05) is 19.3 Å². The molecule has 0 amide bonds. The molecule has 0 spiro atoms. The predicted molar refractivity (Wildman–Crippen MR) is 61.6 cm³/mol. The van der Waals surface area contributed by atoms with Gasteiger partial charge in [-0.1, -0.05) is 13.8 Å². The van der Waals surface area contributed by atoms with Crippen LogP contribution in [-0.4, -0.2) is 15.8 Å². The molecule has 1 heterocycles. The highest BCUT2D eigenvalue weighted by Crippen LogP contribution is 2.46. The average molecular weight is 207 g/mol. The van der Waals surface area contributed by atoms with E-state index in [-0.39, 0.29) is 0 Å². The molecule has 3 nitrogen and oxygen atoms in total. The first-order valence-corrected chi connectivity index (χ1v) is 5.73. The van der Waals surface area contributed by atoms with Crippen molar-refractivity contribution in [1.29, 1.82) is 0 Å². The molecule has 1 aromatic heterocycles. The van der Waals surface area contributed by atoms with Crippen LogP contribution in [0.1, 0.15) is 44.6 Å². The fourth-order valence-corrected chi connectivity index (χ4v) is 2.68. The van der Waals surface area contributed by atoms with Crippen molar-refractivity contribution < 1.29 is 0 Å². The van der Waals surface area contributed by atoms with Crippen molar-refractivity contribution in [3.05, 3.63) is 18.0 Å². The molecule has 0 saturated heterocycles. The van der Waals surface area contributed by atoms with Crippen LogP contribution in [0, 0.1) is 5.41 Å². The average Bonchev–Trinajstić information content (AvgIpc) is 2.56. The lowest BCUT2D eigenvalue weighted by molar-refractivity contribution is 0.183. The number of hydrogen-bond donors (Lipinski definition) is 1. The summed E-state index contributed by atoms with van der Waals surface area (Å²) in [5, 5.41) is 4.26. The second kappa shape index (κ2) is 3.63. The van der Waals surface area contributed by atoms with E-state index in [1.54, 1.807) is 0 Å². The molecule has 1 fully saturated rings. The van der Waals surface area contributed by atoms with Crippen molar-refractivity contribution in [1.82, 2.24) is 9.78 Å². The Balaban J connectivity index is 2.25. The van der Waals surface area contributed by atoms with Gasteiger partial charge < -0.3 is 5.73 Å². The molecule has 2 rings (SSSR count). The molecule has 0 radical (unpaired) electrons. The van der Waals surface area contributed by atoms with E-state index in [0.29, 0.717) is 17.4 Å². The van der Waals surface area contributed by atoms with Crippen molar-refractivity contribution in [2.24, 2.45) is 18.2 Å². The smallest absolute Gasteiger partial charge is 0.0524 e. The summed E-state index contributed by atoms with van der Waals surface area (Å²) in [5.74, 6) is 0.565. The Kier molecular flexibility index (Phi) is 2.59. The van der Waals surface area contributed by atoms with Gasteiger partial charge in [-0.2, -0.15) is 5.10 Å². The molecule has 0 aliphatic heterocycles. The first kappa shape index (κ1) is 10.7. The second-order valence-corrected chi connectivity index (χ2v) is 5.52. The molecule has 1 aliphatic rings. The summed E-state index contributed by atoms with van der Waals surface area (Å²) in [6, 6.07) is 0.364. The highest BCUT2D eigenvalue weighted by Gasteiger charge is 2.36. The Labute approximate surface area is 91.7 Å². The third-order valence-corrected chi connectivity index (χ3v) is 3.77. The fourth-order valence-electron chi connectivity index (χ4n) is 2.68. The van der Waals surface area contributed by atoms with Gasteiger partial charge in [0.15, 0.2) is 0 Å². The molecule has 3 heteroatoms. The zero-order chi connectivity index (χ0) is 11.1. The molecule has 1 saturated carbocycles. The van der Waals surface area contributed by atoms with E-state index < -0.39 is 0 Å². The summed E-state index contributed by atoms with van der Waals surface area (Å²) >= 11 is 0. The maximum absolute atomic E-state index is 6.06. The predicted octanol–water partition coefficient (Wildman–Crippen LogP) is 2.04. The number of rotatable bonds is 1. The number of nitrogens with zero attached hydrogens (tertiary/aromatic N) is 2. The summed E-state index contributed by atoms with van der Waals surface area (Å²) in [6.07, 6.45) is 7.59. The molecular formula is C12H21N3. The minimum atomic E-state index is 0.360. The molecule has 1 aromatic rings. The standard InChI is InChI=1S/C12H21N3/c1-12(2)5-4-10(13)6-11(12)9-7-14-15(3)8-9/h7-8,10-11H,4-6,13H2,1-3H3. The van der Waals surface area contributed by atoms with Crippen LogP contribution in [0.4, 0.5) is 0 Å². The van der Waals surface area contributed by atoms with Gasteiger partial charge in [-0.3, -0.25) is 4.68 Å². The van der Waals surface area contributed by atoms with Crippen molar-refractivity contribution in [3.63, 3.8) is 0 Å². The van der Waals surface area contributed by atoms with E-state index in [2.05, 4.69) is 25.1 Å².